The van der Waals surface area contributed by atoms with Crippen LogP contribution in [0.25, 0.3) is 11.3 Å². The number of rotatable bonds is 6. The number of piperidine rings is 1. The number of methoxy groups -OCH3 is 2. The van der Waals surface area contributed by atoms with E-state index in [4.69, 9.17) is 9.47 Å². The molecule has 0 aliphatic carbocycles. The molecule has 0 atom stereocenters. The van der Waals surface area contributed by atoms with Crippen molar-refractivity contribution in [1.29, 1.82) is 0 Å². The topological polar surface area (TPSA) is 109 Å². The van der Waals surface area contributed by atoms with Gasteiger partial charge < -0.3 is 19.7 Å². The van der Waals surface area contributed by atoms with E-state index in [0.717, 1.165) is 5.56 Å². The minimum Gasteiger partial charge on any atom is -0.497 e. The smallest absolute Gasteiger partial charge is 0.271 e. The van der Waals surface area contributed by atoms with Gasteiger partial charge in [0.25, 0.3) is 5.91 Å². The molecule has 1 aliphatic heterocycles. The van der Waals surface area contributed by atoms with Gasteiger partial charge in [-0.05, 0) is 37.1 Å². The van der Waals surface area contributed by atoms with Gasteiger partial charge in [-0.3, -0.25) is 14.7 Å². The number of anilines is 1. The van der Waals surface area contributed by atoms with Gasteiger partial charge in [0.2, 0.25) is 5.91 Å². The minimum atomic E-state index is -0.139. The zero-order valence-electron chi connectivity index (χ0n) is 17.3. The second kappa shape index (κ2) is 9.17. The number of aromatic amines is 1. The number of ether oxygens (including phenoxy) is 2. The average molecular weight is 442 g/mol. The summed E-state index contributed by atoms with van der Waals surface area (Å²) in [6.45, 7) is 1.01. The Hall–Kier alpha value is -3.40. The van der Waals surface area contributed by atoms with Gasteiger partial charge in [0, 0.05) is 36.1 Å². The van der Waals surface area contributed by atoms with E-state index < -0.39 is 0 Å². The van der Waals surface area contributed by atoms with Gasteiger partial charge in [-0.2, -0.15) is 5.10 Å². The number of H-pyrrole nitrogens is 1. The van der Waals surface area contributed by atoms with Crippen molar-refractivity contribution in [2.75, 3.05) is 32.6 Å². The Balaban J connectivity index is 1.40. The van der Waals surface area contributed by atoms with Gasteiger partial charge in [-0.15, -0.1) is 11.3 Å². The average Bonchev–Trinajstić information content (AvgIpc) is 3.50. The molecule has 10 heteroatoms. The third kappa shape index (κ3) is 4.53. The highest BCUT2D eigenvalue weighted by Gasteiger charge is 2.29. The van der Waals surface area contributed by atoms with Crippen LogP contribution in [-0.2, 0) is 4.79 Å². The summed E-state index contributed by atoms with van der Waals surface area (Å²) < 4.78 is 10.7. The quantitative estimate of drug-likeness (QED) is 0.609. The number of hydrogen-bond donors (Lipinski definition) is 2. The lowest BCUT2D eigenvalue weighted by molar-refractivity contribution is -0.121. The van der Waals surface area contributed by atoms with Crippen LogP contribution in [-0.4, -0.2) is 59.2 Å². The van der Waals surface area contributed by atoms with Crippen molar-refractivity contribution < 1.29 is 19.1 Å². The maximum atomic E-state index is 12.9. The molecule has 9 nitrogen and oxygen atoms in total. The minimum absolute atomic E-state index is 0.0454. The van der Waals surface area contributed by atoms with Crippen LogP contribution in [0.4, 0.5) is 5.13 Å². The van der Waals surface area contributed by atoms with Crippen molar-refractivity contribution in [3.05, 3.63) is 41.5 Å². The number of amides is 2. The SMILES string of the molecule is COc1ccc(OC)c(-c2cc(C(=O)N3CCC(C(=O)Nc4nccs4)CC3)[nH]n2)c1. The fourth-order valence-electron chi connectivity index (χ4n) is 3.59. The van der Waals surface area contributed by atoms with E-state index in [-0.39, 0.29) is 17.7 Å². The Morgan fingerprint density at radius 1 is 1.19 bits per heavy atom. The van der Waals surface area contributed by atoms with Crippen molar-refractivity contribution in [3.63, 3.8) is 0 Å². The molecule has 2 N–H and O–H groups in total. The van der Waals surface area contributed by atoms with Gasteiger partial charge in [0.05, 0.1) is 19.9 Å². The molecule has 0 spiro atoms. The predicted octanol–water partition coefficient (Wildman–Crippen LogP) is 3.04. The van der Waals surface area contributed by atoms with E-state index in [1.54, 1.807) is 43.5 Å². The summed E-state index contributed by atoms with van der Waals surface area (Å²) in [5.41, 5.74) is 1.72. The highest BCUT2D eigenvalue weighted by Crippen LogP contribution is 2.33. The maximum Gasteiger partial charge on any atom is 0.271 e. The normalized spacial score (nSPS) is 14.3. The first kappa shape index (κ1) is 20.9. The molecule has 2 aromatic heterocycles. The second-order valence-electron chi connectivity index (χ2n) is 7.13. The van der Waals surface area contributed by atoms with E-state index in [1.165, 1.54) is 11.3 Å². The fourth-order valence-corrected chi connectivity index (χ4v) is 4.12. The molecule has 31 heavy (non-hydrogen) atoms. The number of aromatic nitrogens is 3. The Bertz CT molecular complexity index is 1060. The van der Waals surface area contributed by atoms with Gasteiger partial charge >= 0.3 is 0 Å². The molecule has 0 radical (unpaired) electrons. The van der Waals surface area contributed by atoms with Crippen molar-refractivity contribution in [1.82, 2.24) is 20.1 Å². The Morgan fingerprint density at radius 2 is 2.00 bits per heavy atom. The molecule has 1 aliphatic rings. The largest absolute Gasteiger partial charge is 0.497 e. The van der Waals surface area contributed by atoms with E-state index in [1.807, 2.05) is 11.4 Å². The lowest BCUT2D eigenvalue weighted by atomic mass is 9.96. The van der Waals surface area contributed by atoms with Crippen molar-refractivity contribution in [2.24, 2.45) is 5.92 Å². The highest BCUT2D eigenvalue weighted by atomic mass is 32.1. The molecule has 0 bridgehead atoms. The first-order chi connectivity index (χ1) is 15.1. The third-order valence-corrected chi connectivity index (χ3v) is 5.99. The number of likely N-dealkylation sites (tertiary alicyclic amines) is 1. The standard InChI is InChI=1S/C21H23N5O4S/c1-29-14-3-4-18(30-2)15(11-14)16-12-17(25-24-16)20(28)26-8-5-13(6-9-26)19(27)23-21-22-7-10-31-21/h3-4,7,10-13H,5-6,8-9H2,1-2H3,(H,24,25)(H,22,23,27). The molecule has 1 fully saturated rings. The van der Waals surface area contributed by atoms with Crippen LogP contribution in [0, 0.1) is 5.92 Å². The Labute approximate surface area is 183 Å². The van der Waals surface area contributed by atoms with Crippen molar-refractivity contribution >= 4 is 28.3 Å². The summed E-state index contributed by atoms with van der Waals surface area (Å²) >= 11 is 1.39. The summed E-state index contributed by atoms with van der Waals surface area (Å²) in [6.07, 6.45) is 2.86. The molecule has 2 amide bonds. The van der Waals surface area contributed by atoms with Crippen LogP contribution in [0.3, 0.4) is 0 Å². The fraction of sp³-hybridized carbons (Fsp3) is 0.333. The highest BCUT2D eigenvalue weighted by molar-refractivity contribution is 7.13. The number of carbonyl (C=O) groups excluding carboxylic acids is 2. The predicted molar refractivity (Wildman–Crippen MR) is 116 cm³/mol. The summed E-state index contributed by atoms with van der Waals surface area (Å²) in [7, 11) is 3.17. The summed E-state index contributed by atoms with van der Waals surface area (Å²) in [5, 5.41) is 12.4. The summed E-state index contributed by atoms with van der Waals surface area (Å²) in [6, 6.07) is 7.12. The second-order valence-corrected chi connectivity index (χ2v) is 8.02. The van der Waals surface area contributed by atoms with Crippen LogP contribution >= 0.6 is 11.3 Å². The molecular formula is C21H23N5O4S. The zero-order chi connectivity index (χ0) is 21.8. The lowest BCUT2D eigenvalue weighted by Gasteiger charge is -2.30. The summed E-state index contributed by atoms with van der Waals surface area (Å²) in [5.74, 6) is 0.991. The van der Waals surface area contributed by atoms with Crippen LogP contribution in [0.1, 0.15) is 23.3 Å². The molecule has 0 unspecified atom stereocenters. The maximum absolute atomic E-state index is 12.9. The molecule has 3 aromatic rings. The molecule has 4 rings (SSSR count). The van der Waals surface area contributed by atoms with Crippen LogP contribution < -0.4 is 14.8 Å². The molecular weight excluding hydrogens is 418 g/mol. The van der Waals surface area contributed by atoms with Crippen LogP contribution in [0.2, 0.25) is 0 Å². The number of carbonyl (C=O) groups is 2. The van der Waals surface area contributed by atoms with E-state index in [0.29, 0.717) is 53.9 Å². The van der Waals surface area contributed by atoms with Gasteiger partial charge in [0.15, 0.2) is 5.13 Å². The zero-order valence-corrected chi connectivity index (χ0v) is 18.1. The molecule has 1 aromatic carbocycles. The number of thiazole rings is 1. The Kier molecular flexibility index (Phi) is 6.17. The molecule has 1 saturated heterocycles. The third-order valence-electron chi connectivity index (χ3n) is 5.31. The number of nitrogens with one attached hydrogen (secondary N) is 2. The van der Waals surface area contributed by atoms with Crippen LogP contribution in [0.5, 0.6) is 11.5 Å². The first-order valence-corrected chi connectivity index (χ1v) is 10.7. The molecule has 3 heterocycles. The van der Waals surface area contributed by atoms with Crippen LogP contribution in [0.15, 0.2) is 35.8 Å². The van der Waals surface area contributed by atoms with Gasteiger partial charge in [-0.25, -0.2) is 4.98 Å². The van der Waals surface area contributed by atoms with Crippen molar-refractivity contribution in [3.8, 4) is 22.8 Å². The first-order valence-electron chi connectivity index (χ1n) is 9.86. The van der Waals surface area contributed by atoms with Crippen molar-refractivity contribution in [2.45, 2.75) is 12.8 Å². The number of hydrogen-bond acceptors (Lipinski definition) is 7. The molecule has 0 saturated carbocycles. The monoisotopic (exact) mass is 441 g/mol. The van der Waals surface area contributed by atoms with Gasteiger partial charge in [-0.1, -0.05) is 0 Å². The Morgan fingerprint density at radius 3 is 2.68 bits per heavy atom. The van der Waals surface area contributed by atoms with E-state index >= 15 is 0 Å². The number of benzene rings is 1. The van der Waals surface area contributed by atoms with Gasteiger partial charge in [0.1, 0.15) is 17.2 Å². The molecule has 162 valence electrons. The lowest BCUT2D eigenvalue weighted by Crippen LogP contribution is -2.41. The van der Waals surface area contributed by atoms with E-state index in [2.05, 4.69) is 20.5 Å². The number of nitrogens with zero attached hydrogens (tertiary/aromatic N) is 3. The summed E-state index contributed by atoms with van der Waals surface area (Å²) in [4.78, 5) is 31.2. The van der Waals surface area contributed by atoms with E-state index in [9.17, 15) is 9.59 Å².